The van der Waals surface area contributed by atoms with Crippen molar-refractivity contribution in [3.63, 3.8) is 0 Å². The number of nitrogens with two attached hydrogens (primary N) is 1. The summed E-state index contributed by atoms with van der Waals surface area (Å²) in [5.74, 6) is 1.23. The van der Waals surface area contributed by atoms with Gasteiger partial charge in [-0.05, 0) is 36.2 Å². The van der Waals surface area contributed by atoms with Crippen LogP contribution in [0.5, 0.6) is 5.75 Å². The Hall–Kier alpha value is -2.31. The van der Waals surface area contributed by atoms with Crippen molar-refractivity contribution in [3.05, 3.63) is 40.5 Å². The average molecular weight is 373 g/mol. The number of hydrogen-bond donors (Lipinski definition) is 2. The summed E-state index contributed by atoms with van der Waals surface area (Å²) in [6.45, 7) is 4.98. The van der Waals surface area contributed by atoms with Gasteiger partial charge in [-0.2, -0.15) is 0 Å². The molecule has 7 heteroatoms. The fourth-order valence-electron chi connectivity index (χ4n) is 3.59. The number of piperazine rings is 1. The number of amides is 1. The molecule has 6 nitrogen and oxygen atoms in total. The highest BCUT2D eigenvalue weighted by atomic mass is 35.5. The first-order chi connectivity index (χ1) is 12.5. The van der Waals surface area contributed by atoms with Gasteiger partial charge in [-0.3, -0.25) is 4.79 Å². The van der Waals surface area contributed by atoms with Gasteiger partial charge in [0.25, 0.3) is 5.91 Å². The van der Waals surface area contributed by atoms with E-state index < -0.39 is 6.10 Å². The van der Waals surface area contributed by atoms with E-state index >= 15 is 0 Å². The Bertz CT molecular complexity index is 865. The van der Waals surface area contributed by atoms with Crippen LogP contribution in [0.25, 0.3) is 11.1 Å². The van der Waals surface area contributed by atoms with Crippen molar-refractivity contribution in [3.8, 4) is 16.9 Å². The minimum Gasteiger partial charge on any atom is -0.479 e. The number of benzene rings is 1. The van der Waals surface area contributed by atoms with Crippen molar-refractivity contribution in [2.24, 2.45) is 0 Å². The van der Waals surface area contributed by atoms with Crippen molar-refractivity contribution in [1.82, 2.24) is 15.2 Å². The van der Waals surface area contributed by atoms with Gasteiger partial charge in [0, 0.05) is 54.9 Å². The van der Waals surface area contributed by atoms with Crippen molar-refractivity contribution < 1.29 is 9.53 Å². The average Bonchev–Trinajstić information content (AvgIpc) is 3.07. The van der Waals surface area contributed by atoms with Crippen LogP contribution < -0.4 is 15.8 Å². The predicted octanol–water partition coefficient (Wildman–Crippen LogP) is 2.03. The zero-order valence-corrected chi connectivity index (χ0v) is 15.3. The van der Waals surface area contributed by atoms with Gasteiger partial charge in [-0.1, -0.05) is 11.6 Å². The standard InChI is InChI=1S/C19H21ClN4O2/c1-11-14(2-3-23-18(11)21)15-10-13(20)8-12-9-16(26-17(12)15)19(25)24-6-4-22-5-7-24/h2-3,8,10,16,22H,4-7,9H2,1H3,(H2,21,23)/t16-/m0/s1. The van der Waals surface area contributed by atoms with Crippen LogP contribution >= 0.6 is 11.6 Å². The molecule has 2 aliphatic heterocycles. The lowest BCUT2D eigenvalue weighted by molar-refractivity contribution is -0.138. The molecule has 0 unspecified atom stereocenters. The quantitative estimate of drug-likeness (QED) is 0.843. The summed E-state index contributed by atoms with van der Waals surface area (Å²) in [4.78, 5) is 18.8. The number of aromatic nitrogens is 1. The Morgan fingerprint density at radius 1 is 1.35 bits per heavy atom. The van der Waals surface area contributed by atoms with Crippen LogP contribution in [-0.2, 0) is 11.2 Å². The minimum absolute atomic E-state index is 0.0377. The second-order valence-electron chi connectivity index (χ2n) is 6.70. The molecule has 3 N–H and O–H groups in total. The first-order valence-corrected chi connectivity index (χ1v) is 9.12. The van der Waals surface area contributed by atoms with E-state index in [0.717, 1.165) is 41.1 Å². The van der Waals surface area contributed by atoms with Gasteiger partial charge in [-0.15, -0.1) is 0 Å². The molecule has 1 amide bonds. The van der Waals surface area contributed by atoms with Crippen LogP contribution in [0.3, 0.4) is 0 Å². The fourth-order valence-corrected chi connectivity index (χ4v) is 3.84. The van der Waals surface area contributed by atoms with Crippen LogP contribution in [0.2, 0.25) is 5.02 Å². The van der Waals surface area contributed by atoms with Crippen molar-refractivity contribution in [1.29, 1.82) is 0 Å². The maximum atomic E-state index is 12.8. The lowest BCUT2D eigenvalue weighted by Crippen LogP contribution is -2.50. The zero-order valence-electron chi connectivity index (χ0n) is 14.6. The summed E-state index contributed by atoms with van der Waals surface area (Å²) in [7, 11) is 0. The molecule has 0 aliphatic carbocycles. The SMILES string of the molecule is Cc1c(-c2cc(Cl)cc3c2O[C@H](C(=O)N2CCNCC2)C3)ccnc1N. The molecule has 2 aliphatic rings. The fraction of sp³-hybridized carbons (Fsp3) is 0.368. The first kappa shape index (κ1) is 17.1. The maximum Gasteiger partial charge on any atom is 0.264 e. The Labute approximate surface area is 157 Å². The molecule has 2 aromatic rings. The largest absolute Gasteiger partial charge is 0.479 e. The van der Waals surface area contributed by atoms with Crippen LogP contribution in [0, 0.1) is 6.92 Å². The maximum absolute atomic E-state index is 12.8. The van der Waals surface area contributed by atoms with E-state index in [0.29, 0.717) is 30.4 Å². The van der Waals surface area contributed by atoms with E-state index in [9.17, 15) is 4.79 Å². The number of nitrogens with zero attached hydrogens (tertiary/aromatic N) is 2. The smallest absolute Gasteiger partial charge is 0.264 e. The number of nitrogens with one attached hydrogen (secondary N) is 1. The van der Waals surface area contributed by atoms with Crippen LogP contribution in [0.4, 0.5) is 5.82 Å². The molecular formula is C19H21ClN4O2. The number of nitrogen functional groups attached to an aromatic ring is 1. The molecule has 26 heavy (non-hydrogen) atoms. The number of carbonyl (C=O) groups excluding carboxylic acids is 1. The van der Waals surface area contributed by atoms with Gasteiger partial charge in [0.1, 0.15) is 11.6 Å². The number of rotatable bonds is 2. The van der Waals surface area contributed by atoms with Crippen molar-refractivity contribution >= 4 is 23.3 Å². The normalized spacial score (nSPS) is 19.2. The molecule has 0 spiro atoms. The topological polar surface area (TPSA) is 80.5 Å². The summed E-state index contributed by atoms with van der Waals surface area (Å²) < 4.78 is 6.13. The van der Waals surface area contributed by atoms with Gasteiger partial charge < -0.3 is 20.7 Å². The van der Waals surface area contributed by atoms with E-state index in [-0.39, 0.29) is 5.91 Å². The van der Waals surface area contributed by atoms with E-state index in [2.05, 4.69) is 10.3 Å². The summed E-state index contributed by atoms with van der Waals surface area (Å²) >= 11 is 6.34. The highest BCUT2D eigenvalue weighted by Crippen LogP contribution is 2.42. The number of carbonyl (C=O) groups is 1. The van der Waals surface area contributed by atoms with Crippen LogP contribution in [0.1, 0.15) is 11.1 Å². The minimum atomic E-state index is -0.500. The number of hydrogen-bond acceptors (Lipinski definition) is 5. The molecule has 0 radical (unpaired) electrons. The highest BCUT2D eigenvalue weighted by molar-refractivity contribution is 6.31. The molecule has 0 bridgehead atoms. The van der Waals surface area contributed by atoms with Crippen molar-refractivity contribution in [2.75, 3.05) is 31.9 Å². The van der Waals surface area contributed by atoms with Gasteiger partial charge in [-0.25, -0.2) is 4.98 Å². The summed E-state index contributed by atoms with van der Waals surface area (Å²) in [5, 5.41) is 3.87. The second kappa shape index (κ2) is 6.78. The van der Waals surface area contributed by atoms with Gasteiger partial charge >= 0.3 is 0 Å². The number of anilines is 1. The van der Waals surface area contributed by atoms with E-state index in [1.807, 2.05) is 30.0 Å². The zero-order chi connectivity index (χ0) is 18.3. The third-order valence-electron chi connectivity index (χ3n) is 5.03. The Morgan fingerprint density at radius 2 is 2.12 bits per heavy atom. The summed E-state index contributed by atoms with van der Waals surface area (Å²) in [6, 6.07) is 5.64. The molecule has 1 aromatic carbocycles. The third kappa shape index (κ3) is 2.99. The Morgan fingerprint density at radius 3 is 2.88 bits per heavy atom. The van der Waals surface area contributed by atoms with Gasteiger partial charge in [0.15, 0.2) is 6.10 Å². The molecule has 1 fully saturated rings. The van der Waals surface area contributed by atoms with E-state index in [4.69, 9.17) is 22.1 Å². The molecule has 3 heterocycles. The van der Waals surface area contributed by atoms with Crippen LogP contribution in [0.15, 0.2) is 24.4 Å². The number of pyridine rings is 1. The second-order valence-corrected chi connectivity index (χ2v) is 7.13. The van der Waals surface area contributed by atoms with Gasteiger partial charge in [0.05, 0.1) is 0 Å². The molecule has 1 aromatic heterocycles. The Balaban J connectivity index is 1.68. The van der Waals surface area contributed by atoms with E-state index in [1.54, 1.807) is 6.20 Å². The van der Waals surface area contributed by atoms with Gasteiger partial charge in [0.2, 0.25) is 0 Å². The highest BCUT2D eigenvalue weighted by Gasteiger charge is 2.35. The number of halogens is 1. The lowest BCUT2D eigenvalue weighted by atomic mass is 9.98. The molecule has 1 atom stereocenters. The molecule has 0 saturated carbocycles. The monoisotopic (exact) mass is 372 g/mol. The molecular weight excluding hydrogens is 352 g/mol. The summed E-state index contributed by atoms with van der Waals surface area (Å²) in [6.07, 6.45) is 1.70. The lowest BCUT2D eigenvalue weighted by Gasteiger charge is -2.29. The van der Waals surface area contributed by atoms with Crippen LogP contribution in [-0.4, -0.2) is 48.1 Å². The number of fused-ring (bicyclic) bond motifs is 1. The first-order valence-electron chi connectivity index (χ1n) is 8.74. The molecule has 1 saturated heterocycles. The third-order valence-corrected chi connectivity index (χ3v) is 5.25. The van der Waals surface area contributed by atoms with E-state index in [1.165, 1.54) is 0 Å². The Kier molecular flexibility index (Phi) is 4.46. The molecule has 4 rings (SSSR count). The predicted molar refractivity (Wildman–Crippen MR) is 101 cm³/mol. The van der Waals surface area contributed by atoms with Crippen molar-refractivity contribution in [2.45, 2.75) is 19.4 Å². The number of ether oxygens (including phenoxy) is 1. The summed E-state index contributed by atoms with van der Waals surface area (Å²) in [5.41, 5.74) is 9.57. The molecule has 136 valence electrons.